The molecule has 0 radical (unpaired) electrons. The molecule has 2 aromatic rings. The van der Waals surface area contributed by atoms with Crippen molar-refractivity contribution < 1.29 is 23.4 Å². The second kappa shape index (κ2) is 4.21. The monoisotopic (exact) mass is 261 g/mol. The van der Waals surface area contributed by atoms with E-state index in [0.717, 1.165) is 0 Å². The lowest BCUT2D eigenvalue weighted by Crippen LogP contribution is -2.01. The Morgan fingerprint density at radius 1 is 1.41 bits per heavy atom. The Labute approximate surface area is 98.8 Å². The smallest absolute Gasteiger partial charge is 0.387 e. The topological polar surface area (TPSA) is 62.3 Å². The third kappa shape index (κ3) is 2.31. The normalized spacial score (nSPS) is 11.1. The fraction of sp³-hybridized carbons (Fsp3) is 0.100. The second-order valence-corrected chi connectivity index (χ2v) is 3.67. The molecule has 7 heteroatoms. The van der Waals surface area contributed by atoms with Crippen LogP contribution in [0, 0.1) is 0 Å². The molecule has 1 aromatic carbocycles. The Bertz CT molecular complexity index is 582. The zero-order chi connectivity index (χ0) is 12.6. The van der Waals surface area contributed by atoms with Gasteiger partial charge < -0.3 is 14.8 Å². The minimum atomic E-state index is -3.00. The lowest BCUT2D eigenvalue weighted by molar-refractivity contribution is -0.0487. The summed E-state index contributed by atoms with van der Waals surface area (Å²) in [6.07, 6.45) is 0. The highest BCUT2D eigenvalue weighted by atomic mass is 35.5. The van der Waals surface area contributed by atoms with Crippen LogP contribution in [0.1, 0.15) is 10.5 Å². The summed E-state index contributed by atoms with van der Waals surface area (Å²) >= 11 is 5.70. The Kier molecular flexibility index (Phi) is 2.89. The van der Waals surface area contributed by atoms with Crippen molar-refractivity contribution in [3.8, 4) is 5.75 Å². The molecular weight excluding hydrogens is 256 g/mol. The van der Waals surface area contributed by atoms with Crippen LogP contribution >= 0.6 is 11.6 Å². The standard InChI is InChI=1S/C10H6ClF2NO3/c11-4-1-6-5(3-7(14-6)9(15)16)8(2-4)17-10(12)13/h1-3,10,14H,(H,15,16). The molecule has 4 nitrogen and oxygen atoms in total. The number of aromatic amines is 1. The molecule has 0 aliphatic heterocycles. The number of H-pyrrole nitrogens is 1. The summed E-state index contributed by atoms with van der Waals surface area (Å²) in [5.41, 5.74) is 0.201. The van der Waals surface area contributed by atoms with Crippen molar-refractivity contribution in [1.82, 2.24) is 4.98 Å². The minimum Gasteiger partial charge on any atom is -0.477 e. The Morgan fingerprint density at radius 2 is 2.12 bits per heavy atom. The van der Waals surface area contributed by atoms with Crippen molar-refractivity contribution in [3.63, 3.8) is 0 Å². The van der Waals surface area contributed by atoms with Crippen LogP contribution in [0.15, 0.2) is 18.2 Å². The number of nitrogens with one attached hydrogen (secondary N) is 1. The molecule has 1 aromatic heterocycles. The van der Waals surface area contributed by atoms with Gasteiger partial charge in [-0.1, -0.05) is 11.6 Å². The third-order valence-corrected chi connectivity index (χ3v) is 2.33. The Morgan fingerprint density at radius 3 is 2.71 bits per heavy atom. The number of aromatic nitrogens is 1. The largest absolute Gasteiger partial charge is 0.477 e. The van der Waals surface area contributed by atoms with Crippen LogP contribution in [0.3, 0.4) is 0 Å². The van der Waals surface area contributed by atoms with Gasteiger partial charge in [-0.05, 0) is 18.2 Å². The number of alkyl halides is 2. The number of hydrogen-bond donors (Lipinski definition) is 2. The number of fused-ring (bicyclic) bond motifs is 1. The van der Waals surface area contributed by atoms with E-state index in [2.05, 4.69) is 9.72 Å². The summed E-state index contributed by atoms with van der Waals surface area (Å²) in [6.45, 7) is -3.00. The molecule has 0 fully saturated rings. The zero-order valence-corrected chi connectivity index (χ0v) is 8.96. The number of aromatic carboxylic acids is 1. The van der Waals surface area contributed by atoms with E-state index < -0.39 is 12.6 Å². The maximum atomic E-state index is 12.2. The van der Waals surface area contributed by atoms with E-state index in [4.69, 9.17) is 16.7 Å². The van der Waals surface area contributed by atoms with E-state index in [9.17, 15) is 13.6 Å². The molecule has 17 heavy (non-hydrogen) atoms. The van der Waals surface area contributed by atoms with Crippen LogP contribution in [0.2, 0.25) is 5.02 Å². The molecule has 0 spiro atoms. The predicted molar refractivity (Wildman–Crippen MR) is 56.9 cm³/mol. The molecule has 1 heterocycles. The molecule has 0 saturated heterocycles. The summed E-state index contributed by atoms with van der Waals surface area (Å²) in [5, 5.41) is 9.19. The van der Waals surface area contributed by atoms with E-state index in [-0.39, 0.29) is 21.9 Å². The highest BCUT2D eigenvalue weighted by Crippen LogP contribution is 2.31. The molecular formula is C10H6ClF2NO3. The van der Waals surface area contributed by atoms with Gasteiger partial charge in [-0.2, -0.15) is 8.78 Å². The van der Waals surface area contributed by atoms with Crippen molar-refractivity contribution >= 4 is 28.5 Å². The molecule has 2 N–H and O–H groups in total. The van der Waals surface area contributed by atoms with Gasteiger partial charge in [0.15, 0.2) is 0 Å². The van der Waals surface area contributed by atoms with Gasteiger partial charge in [-0.3, -0.25) is 0 Å². The van der Waals surface area contributed by atoms with Gasteiger partial charge in [-0.15, -0.1) is 0 Å². The first-order valence-electron chi connectivity index (χ1n) is 4.48. The van der Waals surface area contributed by atoms with Gasteiger partial charge in [0, 0.05) is 10.4 Å². The highest BCUT2D eigenvalue weighted by Gasteiger charge is 2.14. The van der Waals surface area contributed by atoms with Crippen LogP contribution < -0.4 is 4.74 Å². The second-order valence-electron chi connectivity index (χ2n) is 3.23. The molecule has 0 aliphatic rings. The molecule has 0 saturated carbocycles. The molecule has 90 valence electrons. The fourth-order valence-electron chi connectivity index (χ4n) is 1.48. The number of hydrogen-bond acceptors (Lipinski definition) is 2. The summed E-state index contributed by atoms with van der Waals surface area (Å²) in [6, 6.07) is 3.85. The molecule has 0 bridgehead atoms. The van der Waals surface area contributed by atoms with Gasteiger partial charge in [0.05, 0.1) is 5.52 Å². The van der Waals surface area contributed by atoms with Gasteiger partial charge in [0.25, 0.3) is 0 Å². The van der Waals surface area contributed by atoms with E-state index in [1.165, 1.54) is 18.2 Å². The fourth-order valence-corrected chi connectivity index (χ4v) is 1.69. The lowest BCUT2D eigenvalue weighted by Gasteiger charge is -2.05. The summed E-state index contributed by atoms with van der Waals surface area (Å²) in [7, 11) is 0. The van der Waals surface area contributed by atoms with E-state index in [0.29, 0.717) is 5.52 Å². The first-order chi connectivity index (χ1) is 7.97. The van der Waals surface area contributed by atoms with Crippen molar-refractivity contribution in [2.75, 3.05) is 0 Å². The third-order valence-electron chi connectivity index (χ3n) is 2.11. The van der Waals surface area contributed by atoms with Gasteiger partial charge in [0.1, 0.15) is 11.4 Å². The number of rotatable bonds is 3. The number of carbonyl (C=O) groups is 1. The average Bonchev–Trinajstić information content (AvgIpc) is 2.60. The quantitative estimate of drug-likeness (QED) is 0.892. The molecule has 0 atom stereocenters. The first kappa shape index (κ1) is 11.7. The van der Waals surface area contributed by atoms with E-state index >= 15 is 0 Å². The van der Waals surface area contributed by atoms with Crippen molar-refractivity contribution in [2.24, 2.45) is 0 Å². The molecule has 2 rings (SSSR count). The van der Waals surface area contributed by atoms with Crippen molar-refractivity contribution in [1.29, 1.82) is 0 Å². The average molecular weight is 262 g/mol. The summed E-state index contributed by atoms with van der Waals surface area (Å²) in [4.78, 5) is 13.3. The van der Waals surface area contributed by atoms with Crippen molar-refractivity contribution in [3.05, 3.63) is 28.9 Å². The van der Waals surface area contributed by atoms with Crippen LogP contribution in [0.25, 0.3) is 10.9 Å². The van der Waals surface area contributed by atoms with Crippen molar-refractivity contribution in [2.45, 2.75) is 6.61 Å². The summed E-state index contributed by atoms with van der Waals surface area (Å²) in [5.74, 6) is -1.36. The van der Waals surface area contributed by atoms with E-state index in [1.807, 2.05) is 0 Å². The highest BCUT2D eigenvalue weighted by molar-refractivity contribution is 6.31. The van der Waals surface area contributed by atoms with Gasteiger partial charge >= 0.3 is 12.6 Å². The van der Waals surface area contributed by atoms with Crippen LogP contribution in [-0.2, 0) is 0 Å². The summed E-state index contributed by atoms with van der Waals surface area (Å²) < 4.78 is 28.6. The molecule has 0 unspecified atom stereocenters. The van der Waals surface area contributed by atoms with Gasteiger partial charge in [0.2, 0.25) is 0 Å². The maximum Gasteiger partial charge on any atom is 0.387 e. The number of carboxylic acid groups (broad SMARTS) is 1. The molecule has 0 amide bonds. The Balaban J connectivity index is 2.61. The number of carboxylic acids is 1. The van der Waals surface area contributed by atoms with Crippen LogP contribution in [-0.4, -0.2) is 22.7 Å². The van der Waals surface area contributed by atoms with Crippen LogP contribution in [0.4, 0.5) is 8.78 Å². The Hall–Kier alpha value is -1.82. The SMILES string of the molecule is O=C(O)c1cc2c(OC(F)F)cc(Cl)cc2[nH]1. The maximum absolute atomic E-state index is 12.2. The molecule has 0 aliphatic carbocycles. The zero-order valence-electron chi connectivity index (χ0n) is 8.21. The minimum absolute atomic E-state index is 0.124. The number of benzene rings is 1. The van der Waals surface area contributed by atoms with E-state index in [1.54, 1.807) is 0 Å². The van der Waals surface area contributed by atoms with Gasteiger partial charge in [-0.25, -0.2) is 4.79 Å². The number of halogens is 3. The van der Waals surface area contributed by atoms with Crippen LogP contribution in [0.5, 0.6) is 5.75 Å². The first-order valence-corrected chi connectivity index (χ1v) is 4.85. The predicted octanol–water partition coefficient (Wildman–Crippen LogP) is 3.12. The number of ether oxygens (including phenoxy) is 1. The lowest BCUT2D eigenvalue weighted by atomic mass is 10.2.